The van der Waals surface area contributed by atoms with Crippen molar-refractivity contribution >= 4 is 11.9 Å². The molecule has 2 atom stereocenters. The first kappa shape index (κ1) is 18.0. The molecule has 1 fully saturated rings. The fraction of sp³-hybridized carbons (Fsp3) is 0.882. The van der Waals surface area contributed by atoms with Gasteiger partial charge in [-0.2, -0.15) is 0 Å². The van der Waals surface area contributed by atoms with E-state index in [0.29, 0.717) is 12.3 Å². The lowest BCUT2D eigenvalue weighted by atomic mass is 9.92. The Balaban J connectivity index is 2.20. The fourth-order valence-corrected chi connectivity index (χ4v) is 2.51. The van der Waals surface area contributed by atoms with Gasteiger partial charge in [-0.25, -0.2) is 4.79 Å². The van der Waals surface area contributed by atoms with Crippen LogP contribution in [0.2, 0.25) is 0 Å². The Morgan fingerprint density at radius 2 is 1.81 bits per heavy atom. The van der Waals surface area contributed by atoms with Crippen LogP contribution >= 0.6 is 0 Å². The van der Waals surface area contributed by atoms with Gasteiger partial charge in [-0.1, -0.05) is 40.0 Å². The van der Waals surface area contributed by atoms with Crippen LogP contribution in [-0.2, 0) is 9.53 Å². The molecule has 0 heterocycles. The van der Waals surface area contributed by atoms with Gasteiger partial charge in [0, 0.05) is 6.42 Å². The monoisotopic (exact) mass is 297 g/mol. The zero-order valence-corrected chi connectivity index (χ0v) is 14.0. The highest BCUT2D eigenvalue weighted by Gasteiger charge is 2.36. The number of Topliss-reactive ketones (excluding diaryl/α,β-unsaturated/α-hetero) is 1. The molecule has 1 N–H and O–H groups in total. The first-order valence-electron chi connectivity index (χ1n) is 8.32. The number of alkyl carbamates (subject to hydrolysis) is 1. The van der Waals surface area contributed by atoms with Gasteiger partial charge in [-0.3, -0.25) is 4.79 Å². The molecule has 0 aliphatic heterocycles. The highest BCUT2D eigenvalue weighted by Crippen LogP contribution is 2.33. The smallest absolute Gasteiger partial charge is 0.407 e. The minimum Gasteiger partial charge on any atom is -0.453 e. The molecule has 1 saturated carbocycles. The molecule has 122 valence electrons. The molecule has 4 heteroatoms. The molecular formula is C17H31NO3. The highest BCUT2D eigenvalue weighted by atomic mass is 16.5. The summed E-state index contributed by atoms with van der Waals surface area (Å²) in [6.07, 6.45) is 6.59. The number of ether oxygens (including phenoxy) is 1. The number of amides is 1. The molecule has 0 bridgehead atoms. The van der Waals surface area contributed by atoms with Crippen LogP contribution in [0.4, 0.5) is 4.79 Å². The summed E-state index contributed by atoms with van der Waals surface area (Å²) in [5, 5.41) is 2.69. The molecule has 0 radical (unpaired) electrons. The Bertz CT molecular complexity index is 337. The standard InChI is InChI=1S/C17H31NO3/c1-12(2)13(3)8-6-5-7-9-15(19)16(14-10-11-14)18-17(20)21-4/h12-14,16H,5-11H2,1-4H3,(H,18,20)/t13-,16?/m0/s1. The van der Waals surface area contributed by atoms with Gasteiger partial charge in [0.2, 0.25) is 0 Å². The Hall–Kier alpha value is -1.06. The van der Waals surface area contributed by atoms with Crippen LogP contribution in [0.5, 0.6) is 0 Å². The third-order valence-corrected chi connectivity index (χ3v) is 4.62. The second-order valence-corrected chi connectivity index (χ2v) is 6.74. The summed E-state index contributed by atoms with van der Waals surface area (Å²) in [6, 6.07) is -0.327. The van der Waals surface area contributed by atoms with E-state index in [1.54, 1.807) is 0 Å². The highest BCUT2D eigenvalue weighted by molar-refractivity contribution is 5.88. The number of carbonyl (C=O) groups excluding carboxylic acids is 2. The van der Waals surface area contributed by atoms with E-state index in [2.05, 4.69) is 30.8 Å². The lowest BCUT2D eigenvalue weighted by Gasteiger charge is -2.17. The van der Waals surface area contributed by atoms with Crippen molar-refractivity contribution in [2.75, 3.05) is 7.11 Å². The van der Waals surface area contributed by atoms with Crippen molar-refractivity contribution in [3.63, 3.8) is 0 Å². The van der Waals surface area contributed by atoms with Gasteiger partial charge >= 0.3 is 6.09 Å². The first-order chi connectivity index (χ1) is 9.95. The van der Waals surface area contributed by atoms with Gasteiger partial charge in [-0.15, -0.1) is 0 Å². The van der Waals surface area contributed by atoms with Gasteiger partial charge < -0.3 is 10.1 Å². The van der Waals surface area contributed by atoms with Crippen LogP contribution in [-0.4, -0.2) is 25.0 Å². The molecule has 0 spiro atoms. The Labute approximate surface area is 129 Å². The van der Waals surface area contributed by atoms with Crippen LogP contribution in [0.3, 0.4) is 0 Å². The molecule has 21 heavy (non-hydrogen) atoms. The normalized spacial score (nSPS) is 17.4. The maximum absolute atomic E-state index is 12.2. The van der Waals surface area contributed by atoms with Crippen molar-refractivity contribution < 1.29 is 14.3 Å². The van der Waals surface area contributed by atoms with E-state index in [-0.39, 0.29) is 11.8 Å². The topological polar surface area (TPSA) is 55.4 Å². The summed E-state index contributed by atoms with van der Waals surface area (Å²) in [5.74, 6) is 1.98. The lowest BCUT2D eigenvalue weighted by molar-refractivity contribution is -0.121. The molecule has 4 nitrogen and oxygen atoms in total. The molecule has 0 saturated heterocycles. The summed E-state index contributed by atoms with van der Waals surface area (Å²) < 4.78 is 4.60. The van der Waals surface area contributed by atoms with E-state index in [4.69, 9.17) is 0 Å². The average molecular weight is 297 g/mol. The van der Waals surface area contributed by atoms with E-state index < -0.39 is 6.09 Å². The lowest BCUT2D eigenvalue weighted by Crippen LogP contribution is -2.42. The van der Waals surface area contributed by atoms with Crippen LogP contribution in [0, 0.1) is 17.8 Å². The van der Waals surface area contributed by atoms with E-state index in [1.807, 2.05) is 0 Å². The van der Waals surface area contributed by atoms with Gasteiger partial charge in [0.25, 0.3) is 0 Å². The van der Waals surface area contributed by atoms with Crippen molar-refractivity contribution in [3.05, 3.63) is 0 Å². The largest absolute Gasteiger partial charge is 0.453 e. The number of ketones is 1. The molecule has 0 aromatic carbocycles. The summed E-state index contributed by atoms with van der Waals surface area (Å²) in [4.78, 5) is 23.5. The van der Waals surface area contributed by atoms with Crippen LogP contribution in [0.1, 0.15) is 65.7 Å². The van der Waals surface area contributed by atoms with Crippen molar-refractivity contribution in [1.29, 1.82) is 0 Å². The molecule has 1 amide bonds. The van der Waals surface area contributed by atoms with E-state index in [1.165, 1.54) is 20.0 Å². The minimum absolute atomic E-state index is 0.166. The number of methoxy groups -OCH3 is 1. The van der Waals surface area contributed by atoms with E-state index in [9.17, 15) is 9.59 Å². The summed E-state index contributed by atoms with van der Waals surface area (Å²) in [5.41, 5.74) is 0. The number of carbonyl (C=O) groups is 2. The number of rotatable bonds is 10. The Morgan fingerprint density at radius 1 is 1.14 bits per heavy atom. The van der Waals surface area contributed by atoms with Crippen molar-refractivity contribution in [2.45, 2.75) is 71.8 Å². The predicted molar refractivity (Wildman–Crippen MR) is 84.1 cm³/mol. The summed E-state index contributed by atoms with van der Waals surface area (Å²) >= 11 is 0. The van der Waals surface area contributed by atoms with Crippen molar-refractivity contribution in [3.8, 4) is 0 Å². The molecule has 0 aromatic rings. The maximum atomic E-state index is 12.2. The fourth-order valence-electron chi connectivity index (χ4n) is 2.51. The SMILES string of the molecule is COC(=O)NC(C(=O)CCCCC[C@H](C)C(C)C)C1CC1. The van der Waals surface area contributed by atoms with E-state index >= 15 is 0 Å². The number of hydrogen-bond donors (Lipinski definition) is 1. The number of nitrogens with one attached hydrogen (secondary N) is 1. The summed E-state index contributed by atoms with van der Waals surface area (Å²) in [7, 11) is 1.33. The zero-order valence-electron chi connectivity index (χ0n) is 14.0. The summed E-state index contributed by atoms with van der Waals surface area (Å²) in [6.45, 7) is 6.80. The Kier molecular flexibility index (Phi) is 7.76. The number of unbranched alkanes of at least 4 members (excludes halogenated alkanes) is 2. The first-order valence-corrected chi connectivity index (χ1v) is 8.32. The maximum Gasteiger partial charge on any atom is 0.407 e. The van der Waals surface area contributed by atoms with Crippen LogP contribution in [0.15, 0.2) is 0 Å². The molecule has 0 aromatic heterocycles. The average Bonchev–Trinajstić information content (AvgIpc) is 3.27. The molecular weight excluding hydrogens is 266 g/mol. The van der Waals surface area contributed by atoms with Crippen LogP contribution in [0.25, 0.3) is 0 Å². The minimum atomic E-state index is -0.494. The number of hydrogen-bond acceptors (Lipinski definition) is 3. The third-order valence-electron chi connectivity index (χ3n) is 4.62. The van der Waals surface area contributed by atoms with Gasteiger partial charge in [0.1, 0.15) is 0 Å². The molecule has 1 aliphatic carbocycles. The third kappa shape index (κ3) is 6.96. The van der Waals surface area contributed by atoms with Gasteiger partial charge in [0.15, 0.2) is 5.78 Å². The van der Waals surface area contributed by atoms with Crippen molar-refractivity contribution in [2.24, 2.45) is 17.8 Å². The Morgan fingerprint density at radius 3 is 2.33 bits per heavy atom. The van der Waals surface area contributed by atoms with Crippen LogP contribution < -0.4 is 5.32 Å². The second kappa shape index (κ2) is 9.06. The molecule has 1 aliphatic rings. The molecule has 1 rings (SSSR count). The molecule has 1 unspecified atom stereocenters. The predicted octanol–water partition coefficient (Wildman–Crippen LogP) is 3.93. The van der Waals surface area contributed by atoms with Gasteiger partial charge in [0.05, 0.1) is 13.2 Å². The van der Waals surface area contributed by atoms with Gasteiger partial charge in [-0.05, 0) is 37.0 Å². The second-order valence-electron chi connectivity index (χ2n) is 6.74. The van der Waals surface area contributed by atoms with Crippen molar-refractivity contribution in [1.82, 2.24) is 5.32 Å². The van der Waals surface area contributed by atoms with E-state index in [0.717, 1.165) is 37.5 Å². The zero-order chi connectivity index (χ0) is 15.8. The quantitative estimate of drug-likeness (QED) is 0.621.